The van der Waals surface area contributed by atoms with Gasteiger partial charge in [-0.05, 0) is 24.6 Å². The maximum Gasteiger partial charge on any atom is 0.0398 e. The third kappa shape index (κ3) is 1.12. The molecule has 1 aliphatic heterocycles. The van der Waals surface area contributed by atoms with Crippen molar-refractivity contribution in [3.05, 3.63) is 30.1 Å². The van der Waals surface area contributed by atoms with Gasteiger partial charge >= 0.3 is 0 Å². The summed E-state index contributed by atoms with van der Waals surface area (Å²) in [5.74, 6) is 0.777. The molecule has 0 amide bonds. The van der Waals surface area contributed by atoms with Gasteiger partial charge in [0.15, 0.2) is 0 Å². The van der Waals surface area contributed by atoms with Gasteiger partial charge in [0.1, 0.15) is 0 Å². The van der Waals surface area contributed by atoms with Gasteiger partial charge in [0, 0.05) is 25.0 Å². The highest BCUT2D eigenvalue weighted by Crippen LogP contribution is 2.35. The van der Waals surface area contributed by atoms with Crippen LogP contribution in [-0.4, -0.2) is 23.5 Å². The molecule has 0 unspecified atom stereocenters. The number of rotatable bonds is 1. The van der Waals surface area contributed by atoms with Crippen molar-refractivity contribution < 1.29 is 0 Å². The fourth-order valence-corrected chi connectivity index (χ4v) is 2.10. The maximum absolute atomic E-state index is 4.13. The summed E-state index contributed by atoms with van der Waals surface area (Å²) in [6.07, 6.45) is 3.80. The first-order valence-electron chi connectivity index (χ1n) is 4.39. The van der Waals surface area contributed by atoms with E-state index in [1.165, 1.54) is 12.1 Å². The van der Waals surface area contributed by atoms with Crippen LogP contribution >= 0.6 is 0 Å². The highest BCUT2D eigenvalue weighted by molar-refractivity contribution is 5.17. The van der Waals surface area contributed by atoms with E-state index in [0.29, 0.717) is 6.04 Å². The Morgan fingerprint density at radius 2 is 2.42 bits per heavy atom. The molecule has 1 aromatic heterocycles. The lowest BCUT2D eigenvalue weighted by Crippen LogP contribution is -2.45. The van der Waals surface area contributed by atoms with Crippen molar-refractivity contribution in [2.75, 3.05) is 13.6 Å². The molecule has 64 valence electrons. The van der Waals surface area contributed by atoms with Crippen molar-refractivity contribution in [1.29, 1.82) is 0 Å². The number of pyridine rings is 1. The third-order valence-electron chi connectivity index (χ3n) is 2.62. The normalized spacial score (nSPS) is 29.8. The van der Waals surface area contributed by atoms with Crippen LogP contribution < -0.4 is 0 Å². The fraction of sp³-hybridized carbons (Fsp3) is 0.500. The van der Waals surface area contributed by atoms with Gasteiger partial charge in [0.2, 0.25) is 0 Å². The summed E-state index contributed by atoms with van der Waals surface area (Å²) in [5, 5.41) is 0. The van der Waals surface area contributed by atoms with Crippen LogP contribution in [0.1, 0.15) is 18.5 Å². The Bertz CT molecular complexity index is 250. The quantitative estimate of drug-likeness (QED) is 0.625. The average molecular weight is 162 g/mol. The summed E-state index contributed by atoms with van der Waals surface area (Å²) in [6, 6.07) is 4.76. The van der Waals surface area contributed by atoms with Gasteiger partial charge in [-0.1, -0.05) is 13.0 Å². The molecule has 0 radical (unpaired) electrons. The maximum atomic E-state index is 4.13. The minimum Gasteiger partial charge on any atom is -0.299 e. The van der Waals surface area contributed by atoms with Gasteiger partial charge in [0.25, 0.3) is 0 Å². The first-order valence-corrected chi connectivity index (χ1v) is 4.39. The van der Waals surface area contributed by atoms with E-state index >= 15 is 0 Å². The minimum absolute atomic E-state index is 0.596. The summed E-state index contributed by atoms with van der Waals surface area (Å²) in [7, 11) is 2.16. The zero-order valence-corrected chi connectivity index (χ0v) is 7.57. The Morgan fingerprint density at radius 1 is 1.58 bits per heavy atom. The molecule has 12 heavy (non-hydrogen) atoms. The second-order valence-corrected chi connectivity index (χ2v) is 3.65. The zero-order chi connectivity index (χ0) is 8.55. The van der Waals surface area contributed by atoms with Crippen LogP contribution in [0.5, 0.6) is 0 Å². The lowest BCUT2D eigenvalue weighted by Gasteiger charge is -2.44. The van der Waals surface area contributed by atoms with E-state index in [1.807, 2.05) is 18.5 Å². The van der Waals surface area contributed by atoms with Gasteiger partial charge in [-0.3, -0.25) is 9.88 Å². The molecule has 0 aromatic carbocycles. The average Bonchev–Trinajstić information content (AvgIpc) is 2.05. The van der Waals surface area contributed by atoms with Crippen LogP contribution in [0.4, 0.5) is 0 Å². The topological polar surface area (TPSA) is 16.1 Å². The SMILES string of the molecule is C[C@@H]1CN(C)[C@@H]1c1cccnc1. The second-order valence-electron chi connectivity index (χ2n) is 3.65. The molecule has 1 aromatic rings. The largest absolute Gasteiger partial charge is 0.299 e. The number of aromatic nitrogens is 1. The highest BCUT2D eigenvalue weighted by atomic mass is 15.2. The number of likely N-dealkylation sites (tertiary alicyclic amines) is 1. The van der Waals surface area contributed by atoms with E-state index in [-0.39, 0.29) is 0 Å². The molecule has 2 rings (SSSR count). The molecule has 0 spiro atoms. The summed E-state index contributed by atoms with van der Waals surface area (Å²) < 4.78 is 0. The van der Waals surface area contributed by atoms with Crippen LogP contribution in [0.2, 0.25) is 0 Å². The molecule has 1 saturated heterocycles. The summed E-state index contributed by atoms with van der Waals surface area (Å²) >= 11 is 0. The standard InChI is InChI=1S/C10H14N2/c1-8-7-12(2)10(8)9-4-3-5-11-6-9/h3-6,8,10H,7H2,1-2H3/t8-,10+/m1/s1. The van der Waals surface area contributed by atoms with E-state index in [0.717, 1.165) is 5.92 Å². The molecule has 0 aliphatic carbocycles. The molecule has 1 aliphatic rings. The van der Waals surface area contributed by atoms with Crippen molar-refractivity contribution in [3.8, 4) is 0 Å². The molecule has 2 nitrogen and oxygen atoms in total. The Morgan fingerprint density at radius 3 is 2.92 bits per heavy atom. The first-order chi connectivity index (χ1) is 5.79. The Kier molecular flexibility index (Phi) is 1.85. The smallest absolute Gasteiger partial charge is 0.0398 e. The summed E-state index contributed by atoms with van der Waals surface area (Å²) in [5.41, 5.74) is 1.35. The molecular weight excluding hydrogens is 148 g/mol. The number of nitrogens with zero attached hydrogens (tertiary/aromatic N) is 2. The van der Waals surface area contributed by atoms with Gasteiger partial charge < -0.3 is 0 Å². The Balaban J connectivity index is 2.20. The molecule has 2 heterocycles. The number of hydrogen-bond acceptors (Lipinski definition) is 2. The monoisotopic (exact) mass is 162 g/mol. The summed E-state index contributed by atoms with van der Waals surface area (Å²) in [4.78, 5) is 6.49. The van der Waals surface area contributed by atoms with E-state index < -0.39 is 0 Å². The van der Waals surface area contributed by atoms with Crippen molar-refractivity contribution in [2.24, 2.45) is 5.92 Å². The van der Waals surface area contributed by atoms with Crippen LogP contribution in [0.15, 0.2) is 24.5 Å². The lowest BCUT2D eigenvalue weighted by molar-refractivity contribution is 0.0527. The molecule has 1 fully saturated rings. The van der Waals surface area contributed by atoms with Gasteiger partial charge in [-0.25, -0.2) is 0 Å². The predicted molar refractivity (Wildman–Crippen MR) is 48.8 cm³/mol. The molecule has 2 heteroatoms. The first kappa shape index (κ1) is 7.74. The fourth-order valence-electron chi connectivity index (χ4n) is 2.10. The van der Waals surface area contributed by atoms with Crippen molar-refractivity contribution in [1.82, 2.24) is 9.88 Å². The van der Waals surface area contributed by atoms with Crippen LogP contribution in [0.3, 0.4) is 0 Å². The molecular formula is C10H14N2. The van der Waals surface area contributed by atoms with Crippen LogP contribution in [-0.2, 0) is 0 Å². The predicted octanol–water partition coefficient (Wildman–Crippen LogP) is 1.70. The lowest BCUT2D eigenvalue weighted by atomic mass is 9.86. The van der Waals surface area contributed by atoms with Gasteiger partial charge in [0.05, 0.1) is 0 Å². The molecule has 2 atom stereocenters. The van der Waals surface area contributed by atoms with Crippen LogP contribution in [0, 0.1) is 5.92 Å². The zero-order valence-electron chi connectivity index (χ0n) is 7.57. The van der Waals surface area contributed by atoms with Crippen molar-refractivity contribution in [3.63, 3.8) is 0 Å². The Hall–Kier alpha value is -0.890. The van der Waals surface area contributed by atoms with Gasteiger partial charge in [-0.2, -0.15) is 0 Å². The highest BCUT2D eigenvalue weighted by Gasteiger charge is 2.33. The van der Waals surface area contributed by atoms with E-state index in [9.17, 15) is 0 Å². The number of hydrogen-bond donors (Lipinski definition) is 0. The van der Waals surface area contributed by atoms with E-state index in [1.54, 1.807) is 0 Å². The minimum atomic E-state index is 0.596. The second kappa shape index (κ2) is 2.87. The third-order valence-corrected chi connectivity index (χ3v) is 2.62. The Labute approximate surface area is 73.2 Å². The van der Waals surface area contributed by atoms with E-state index in [2.05, 4.69) is 29.9 Å². The van der Waals surface area contributed by atoms with E-state index in [4.69, 9.17) is 0 Å². The van der Waals surface area contributed by atoms with Crippen LogP contribution in [0.25, 0.3) is 0 Å². The molecule has 0 saturated carbocycles. The molecule has 0 N–H and O–H groups in total. The van der Waals surface area contributed by atoms with Gasteiger partial charge in [-0.15, -0.1) is 0 Å². The van der Waals surface area contributed by atoms with Crippen molar-refractivity contribution in [2.45, 2.75) is 13.0 Å². The molecule has 0 bridgehead atoms. The van der Waals surface area contributed by atoms with Crippen molar-refractivity contribution >= 4 is 0 Å². The summed E-state index contributed by atoms with van der Waals surface area (Å²) in [6.45, 7) is 3.50.